The van der Waals surface area contributed by atoms with Crippen LogP contribution in [0.1, 0.15) is 18.5 Å². The lowest BCUT2D eigenvalue weighted by Crippen LogP contribution is -2.03. The molecule has 9 heavy (non-hydrogen) atoms. The Morgan fingerprint density at radius 1 is 1.56 bits per heavy atom. The maximum atomic E-state index is 5.58. The van der Waals surface area contributed by atoms with Gasteiger partial charge in [-0.1, -0.05) is 24.3 Å². The Labute approximate surface area is 55.5 Å². The van der Waals surface area contributed by atoms with Crippen LogP contribution in [-0.2, 0) is 0 Å². The molecular weight excluding hydrogens is 110 g/mol. The first-order chi connectivity index (χ1) is 4.30. The Kier molecular flexibility index (Phi) is 1.85. The largest absolute Gasteiger partial charge is 0.324 e. The van der Waals surface area contributed by atoms with Crippen molar-refractivity contribution in [3.63, 3.8) is 0 Å². The van der Waals surface area contributed by atoms with E-state index >= 15 is 0 Å². The van der Waals surface area contributed by atoms with Gasteiger partial charge in [-0.3, -0.25) is 0 Å². The highest BCUT2D eigenvalue weighted by Gasteiger charge is 1.94. The predicted octanol–water partition coefficient (Wildman–Crippen LogP) is 1.51. The average molecular weight is 120 g/mol. The zero-order chi connectivity index (χ0) is 6.69. The number of hydrogen-bond donors (Lipinski definition) is 1. The molecule has 1 rings (SSSR count). The molecule has 0 aromatic heterocycles. The van der Waals surface area contributed by atoms with Crippen LogP contribution in [0.15, 0.2) is 24.3 Å². The highest BCUT2D eigenvalue weighted by Crippen LogP contribution is 2.05. The molecule has 1 radical (unpaired) electrons. The molecule has 0 heterocycles. The number of hydrogen-bond acceptors (Lipinski definition) is 1. The topological polar surface area (TPSA) is 26.0 Å². The van der Waals surface area contributed by atoms with Crippen molar-refractivity contribution in [2.75, 3.05) is 0 Å². The summed E-state index contributed by atoms with van der Waals surface area (Å²) in [5.74, 6) is 0. The molecule has 1 nitrogen and oxygen atoms in total. The Morgan fingerprint density at radius 2 is 2.33 bits per heavy atom. The normalized spacial score (nSPS) is 13.1. The van der Waals surface area contributed by atoms with Crippen LogP contribution in [0.3, 0.4) is 0 Å². The third kappa shape index (κ3) is 1.54. The molecule has 0 saturated carbocycles. The Hall–Kier alpha value is -0.820. The lowest BCUT2D eigenvalue weighted by Gasteiger charge is -2.01. The molecule has 2 N–H and O–H groups in total. The Bertz CT molecular complexity index is 167. The molecule has 1 heteroatoms. The lowest BCUT2D eigenvalue weighted by molar-refractivity contribution is 0.817. The minimum atomic E-state index is 0.103. The van der Waals surface area contributed by atoms with Crippen molar-refractivity contribution in [2.24, 2.45) is 5.73 Å². The van der Waals surface area contributed by atoms with Gasteiger partial charge in [0.25, 0.3) is 0 Å². The summed E-state index contributed by atoms with van der Waals surface area (Å²) < 4.78 is 0. The van der Waals surface area contributed by atoms with Crippen LogP contribution in [0.4, 0.5) is 0 Å². The molecule has 47 valence electrons. The fourth-order valence-electron chi connectivity index (χ4n) is 0.690. The maximum Gasteiger partial charge on any atom is 0.0272 e. The Morgan fingerprint density at radius 3 is 2.67 bits per heavy atom. The van der Waals surface area contributed by atoms with Gasteiger partial charge >= 0.3 is 0 Å². The molecular formula is C8H10N. The van der Waals surface area contributed by atoms with Crippen molar-refractivity contribution >= 4 is 0 Å². The molecule has 0 bridgehead atoms. The summed E-state index contributed by atoms with van der Waals surface area (Å²) in [7, 11) is 0. The first kappa shape index (κ1) is 6.30. The van der Waals surface area contributed by atoms with Crippen LogP contribution in [0.5, 0.6) is 0 Å². The van der Waals surface area contributed by atoms with Crippen molar-refractivity contribution in [2.45, 2.75) is 13.0 Å². The van der Waals surface area contributed by atoms with Gasteiger partial charge in [0, 0.05) is 6.04 Å². The lowest BCUT2D eigenvalue weighted by atomic mass is 10.1. The molecule has 1 aromatic carbocycles. The molecule has 0 amide bonds. The first-order valence-electron chi connectivity index (χ1n) is 3.03. The van der Waals surface area contributed by atoms with Gasteiger partial charge in [-0.05, 0) is 18.6 Å². The second-order valence-electron chi connectivity index (χ2n) is 2.11. The van der Waals surface area contributed by atoms with Crippen LogP contribution >= 0.6 is 0 Å². The summed E-state index contributed by atoms with van der Waals surface area (Å²) in [6.45, 7) is 1.95. The van der Waals surface area contributed by atoms with Gasteiger partial charge in [-0.2, -0.15) is 0 Å². The van der Waals surface area contributed by atoms with Crippen LogP contribution < -0.4 is 5.73 Å². The second kappa shape index (κ2) is 2.65. The average Bonchev–Trinajstić information content (AvgIpc) is 1.90. The minimum absolute atomic E-state index is 0.103. The van der Waals surface area contributed by atoms with Crippen LogP contribution in [0.2, 0.25) is 0 Å². The van der Waals surface area contributed by atoms with Crippen LogP contribution in [0.25, 0.3) is 0 Å². The molecule has 0 aliphatic carbocycles. The van der Waals surface area contributed by atoms with Gasteiger partial charge < -0.3 is 5.73 Å². The van der Waals surface area contributed by atoms with Crippen molar-refractivity contribution in [1.82, 2.24) is 0 Å². The summed E-state index contributed by atoms with van der Waals surface area (Å²) in [6.07, 6.45) is 0. The van der Waals surface area contributed by atoms with E-state index in [1.165, 1.54) is 0 Å². The summed E-state index contributed by atoms with van der Waals surface area (Å²) in [6, 6.07) is 10.9. The van der Waals surface area contributed by atoms with Gasteiger partial charge in [-0.25, -0.2) is 0 Å². The SMILES string of the molecule is C[C@@H](N)c1[c]cccc1. The smallest absolute Gasteiger partial charge is 0.0272 e. The first-order valence-corrected chi connectivity index (χ1v) is 3.03. The van der Waals surface area contributed by atoms with E-state index in [1.54, 1.807) is 0 Å². The molecule has 0 fully saturated rings. The van der Waals surface area contributed by atoms with E-state index in [9.17, 15) is 0 Å². The molecule has 0 unspecified atom stereocenters. The van der Waals surface area contributed by atoms with Crippen molar-refractivity contribution in [3.8, 4) is 0 Å². The van der Waals surface area contributed by atoms with Crippen LogP contribution in [0, 0.1) is 6.07 Å². The van der Waals surface area contributed by atoms with E-state index in [-0.39, 0.29) is 6.04 Å². The predicted molar refractivity (Wildman–Crippen MR) is 37.9 cm³/mol. The van der Waals surface area contributed by atoms with Crippen molar-refractivity contribution < 1.29 is 0 Å². The minimum Gasteiger partial charge on any atom is -0.324 e. The van der Waals surface area contributed by atoms with Crippen molar-refractivity contribution in [3.05, 3.63) is 35.9 Å². The molecule has 0 aliphatic rings. The summed E-state index contributed by atoms with van der Waals surface area (Å²) in [4.78, 5) is 0. The van der Waals surface area contributed by atoms with Gasteiger partial charge in [-0.15, -0.1) is 0 Å². The maximum absolute atomic E-state index is 5.58. The van der Waals surface area contributed by atoms with Gasteiger partial charge in [0.1, 0.15) is 0 Å². The zero-order valence-corrected chi connectivity index (χ0v) is 5.46. The Balaban J connectivity index is 2.85. The molecule has 1 aromatic rings. The van der Waals surface area contributed by atoms with Gasteiger partial charge in [0.15, 0.2) is 0 Å². The fourth-order valence-corrected chi connectivity index (χ4v) is 0.690. The monoisotopic (exact) mass is 120 g/mol. The van der Waals surface area contributed by atoms with E-state index in [1.807, 2.05) is 31.2 Å². The molecule has 0 saturated heterocycles. The zero-order valence-electron chi connectivity index (χ0n) is 5.46. The molecule has 0 aliphatic heterocycles. The van der Waals surface area contributed by atoms with Gasteiger partial charge in [0.2, 0.25) is 0 Å². The van der Waals surface area contributed by atoms with E-state index in [2.05, 4.69) is 6.07 Å². The number of nitrogens with two attached hydrogens (primary N) is 1. The van der Waals surface area contributed by atoms with E-state index in [4.69, 9.17) is 5.73 Å². The highest BCUT2D eigenvalue weighted by atomic mass is 14.6. The van der Waals surface area contributed by atoms with Crippen molar-refractivity contribution in [1.29, 1.82) is 0 Å². The number of benzene rings is 1. The summed E-state index contributed by atoms with van der Waals surface area (Å²) in [5, 5.41) is 0. The summed E-state index contributed by atoms with van der Waals surface area (Å²) in [5.41, 5.74) is 6.65. The molecule has 1 atom stereocenters. The quantitative estimate of drug-likeness (QED) is 0.597. The summed E-state index contributed by atoms with van der Waals surface area (Å²) >= 11 is 0. The second-order valence-corrected chi connectivity index (χ2v) is 2.11. The molecule has 0 spiro atoms. The highest BCUT2D eigenvalue weighted by molar-refractivity contribution is 5.15. The third-order valence-corrected chi connectivity index (χ3v) is 1.22. The number of rotatable bonds is 1. The standard InChI is InChI=1S/C8H10N/c1-7(9)8-5-3-2-4-6-8/h2-5,7H,9H2,1H3/t7-/m1/s1. The van der Waals surface area contributed by atoms with E-state index < -0.39 is 0 Å². The fraction of sp³-hybridized carbons (Fsp3) is 0.250. The van der Waals surface area contributed by atoms with E-state index in [0.717, 1.165) is 5.56 Å². The van der Waals surface area contributed by atoms with Gasteiger partial charge in [0.05, 0.1) is 0 Å². The third-order valence-electron chi connectivity index (χ3n) is 1.22. The van der Waals surface area contributed by atoms with E-state index in [0.29, 0.717) is 0 Å². The van der Waals surface area contributed by atoms with Crippen LogP contribution in [-0.4, -0.2) is 0 Å².